The zero-order valence-electron chi connectivity index (χ0n) is 8.46. The first kappa shape index (κ1) is 11.1. The Hall–Kier alpha value is -1.01. The average molecular weight is 207 g/mol. The molecule has 1 heteroatoms. The lowest BCUT2D eigenvalue weighted by molar-refractivity contribution is 1.07. The van der Waals surface area contributed by atoms with Crippen molar-refractivity contribution in [3.05, 3.63) is 59.2 Å². The van der Waals surface area contributed by atoms with Gasteiger partial charge in [-0.15, -0.1) is 0 Å². The highest BCUT2D eigenvalue weighted by atomic mass is 35.5. The van der Waals surface area contributed by atoms with Gasteiger partial charge >= 0.3 is 0 Å². The molecule has 0 atom stereocenters. The molecule has 1 aromatic carbocycles. The number of hydrogen-bond donors (Lipinski definition) is 0. The number of rotatable bonds is 4. The second-order valence-electron chi connectivity index (χ2n) is 3.33. The summed E-state index contributed by atoms with van der Waals surface area (Å²) in [7, 11) is 0. The SMILES string of the molecule is C=C(C/C=C\C)Cc1ccc(Cl)cc1. The molecule has 0 aliphatic heterocycles. The molecule has 0 aromatic heterocycles. The first-order valence-corrected chi connectivity index (χ1v) is 5.12. The molecular weight excluding hydrogens is 192 g/mol. The van der Waals surface area contributed by atoms with Gasteiger partial charge in [-0.2, -0.15) is 0 Å². The van der Waals surface area contributed by atoms with Crippen molar-refractivity contribution in [2.24, 2.45) is 0 Å². The predicted molar refractivity (Wildman–Crippen MR) is 63.7 cm³/mol. The molecule has 74 valence electrons. The zero-order chi connectivity index (χ0) is 10.4. The van der Waals surface area contributed by atoms with Crippen molar-refractivity contribution >= 4 is 11.6 Å². The largest absolute Gasteiger partial charge is 0.0992 e. The first-order valence-electron chi connectivity index (χ1n) is 4.74. The summed E-state index contributed by atoms with van der Waals surface area (Å²) in [4.78, 5) is 0. The lowest BCUT2D eigenvalue weighted by Gasteiger charge is -2.02. The van der Waals surface area contributed by atoms with Crippen LogP contribution >= 0.6 is 11.6 Å². The smallest absolute Gasteiger partial charge is 0.0406 e. The third-order valence-corrected chi connectivity index (χ3v) is 2.26. The summed E-state index contributed by atoms with van der Waals surface area (Å²) in [5, 5.41) is 0.785. The van der Waals surface area contributed by atoms with Crippen LogP contribution in [0.3, 0.4) is 0 Å². The van der Waals surface area contributed by atoms with Crippen molar-refractivity contribution in [1.29, 1.82) is 0 Å². The minimum absolute atomic E-state index is 0.785. The molecule has 1 rings (SSSR count). The Kier molecular flexibility index (Phi) is 4.48. The minimum atomic E-state index is 0.785. The van der Waals surface area contributed by atoms with Crippen LogP contribution in [0.4, 0.5) is 0 Å². The van der Waals surface area contributed by atoms with Gasteiger partial charge in [0.25, 0.3) is 0 Å². The summed E-state index contributed by atoms with van der Waals surface area (Å²) >= 11 is 5.80. The van der Waals surface area contributed by atoms with Crippen molar-refractivity contribution in [2.45, 2.75) is 19.8 Å². The van der Waals surface area contributed by atoms with Crippen LogP contribution in [0.25, 0.3) is 0 Å². The molecule has 0 N–H and O–H groups in total. The predicted octanol–water partition coefficient (Wildman–Crippen LogP) is 4.40. The molecule has 0 saturated carbocycles. The lowest BCUT2D eigenvalue weighted by atomic mass is 10.0. The van der Waals surface area contributed by atoms with Gasteiger partial charge in [-0.3, -0.25) is 0 Å². The van der Waals surface area contributed by atoms with Crippen LogP contribution in [0.5, 0.6) is 0 Å². The molecule has 0 spiro atoms. The maximum Gasteiger partial charge on any atom is 0.0406 e. The fourth-order valence-corrected chi connectivity index (χ4v) is 1.37. The van der Waals surface area contributed by atoms with Gasteiger partial charge in [0.15, 0.2) is 0 Å². The van der Waals surface area contributed by atoms with E-state index in [1.54, 1.807) is 0 Å². The van der Waals surface area contributed by atoms with E-state index in [1.807, 2.05) is 37.3 Å². The summed E-state index contributed by atoms with van der Waals surface area (Å²) in [6.45, 7) is 6.05. The molecule has 0 fully saturated rings. The van der Waals surface area contributed by atoms with Gasteiger partial charge in [0, 0.05) is 5.02 Å². The van der Waals surface area contributed by atoms with E-state index in [0.717, 1.165) is 17.9 Å². The van der Waals surface area contributed by atoms with Gasteiger partial charge in [0.05, 0.1) is 0 Å². The van der Waals surface area contributed by atoms with E-state index < -0.39 is 0 Å². The Morgan fingerprint density at radius 3 is 2.57 bits per heavy atom. The lowest BCUT2D eigenvalue weighted by Crippen LogP contribution is -1.87. The van der Waals surface area contributed by atoms with E-state index in [1.165, 1.54) is 11.1 Å². The molecule has 0 bridgehead atoms. The molecule has 0 aliphatic carbocycles. The van der Waals surface area contributed by atoms with Gasteiger partial charge in [-0.05, 0) is 37.5 Å². The van der Waals surface area contributed by atoms with Crippen molar-refractivity contribution in [3.8, 4) is 0 Å². The molecule has 1 aromatic rings. The molecule has 0 aliphatic rings. The Labute approximate surface area is 90.9 Å². The standard InChI is InChI=1S/C13H15Cl/c1-3-4-5-11(2)10-12-6-8-13(14)9-7-12/h3-4,6-9H,2,5,10H2,1H3/b4-3-. The number of allylic oxidation sites excluding steroid dienone is 3. The molecule has 0 radical (unpaired) electrons. The zero-order valence-corrected chi connectivity index (χ0v) is 9.22. The van der Waals surface area contributed by atoms with Crippen LogP contribution in [-0.4, -0.2) is 0 Å². The van der Waals surface area contributed by atoms with E-state index in [2.05, 4.69) is 12.7 Å². The summed E-state index contributed by atoms with van der Waals surface area (Å²) < 4.78 is 0. The summed E-state index contributed by atoms with van der Waals surface area (Å²) in [5.74, 6) is 0. The van der Waals surface area contributed by atoms with Crippen LogP contribution in [0.2, 0.25) is 5.02 Å². The fourth-order valence-electron chi connectivity index (χ4n) is 1.25. The highest BCUT2D eigenvalue weighted by Gasteiger charge is 1.95. The fraction of sp³-hybridized carbons (Fsp3) is 0.231. The van der Waals surface area contributed by atoms with Crippen LogP contribution in [-0.2, 0) is 6.42 Å². The molecule has 0 saturated heterocycles. The Balaban J connectivity index is 2.52. The van der Waals surface area contributed by atoms with Gasteiger partial charge in [0.2, 0.25) is 0 Å². The first-order chi connectivity index (χ1) is 6.72. The number of hydrogen-bond acceptors (Lipinski definition) is 0. The topological polar surface area (TPSA) is 0 Å². The molecule has 0 unspecified atom stereocenters. The van der Waals surface area contributed by atoms with Gasteiger partial charge < -0.3 is 0 Å². The Morgan fingerprint density at radius 2 is 2.00 bits per heavy atom. The monoisotopic (exact) mass is 206 g/mol. The normalized spacial score (nSPS) is 10.7. The third kappa shape index (κ3) is 3.80. The van der Waals surface area contributed by atoms with Crippen molar-refractivity contribution in [2.75, 3.05) is 0 Å². The van der Waals surface area contributed by atoms with Crippen molar-refractivity contribution < 1.29 is 0 Å². The molecule has 0 nitrogen and oxygen atoms in total. The Bertz CT molecular complexity index is 320. The summed E-state index contributed by atoms with van der Waals surface area (Å²) in [6, 6.07) is 7.92. The maximum absolute atomic E-state index is 5.80. The maximum atomic E-state index is 5.80. The average Bonchev–Trinajstić information content (AvgIpc) is 2.18. The van der Waals surface area contributed by atoms with Gasteiger partial charge in [-0.25, -0.2) is 0 Å². The Morgan fingerprint density at radius 1 is 1.36 bits per heavy atom. The molecule has 0 amide bonds. The summed E-state index contributed by atoms with van der Waals surface area (Å²) in [5.41, 5.74) is 2.49. The second kappa shape index (κ2) is 5.66. The van der Waals surface area contributed by atoms with E-state index in [9.17, 15) is 0 Å². The molecule has 0 heterocycles. The van der Waals surface area contributed by atoms with Gasteiger partial charge in [-0.1, -0.05) is 48.0 Å². The van der Waals surface area contributed by atoms with Crippen LogP contribution < -0.4 is 0 Å². The highest BCUT2D eigenvalue weighted by molar-refractivity contribution is 6.30. The van der Waals surface area contributed by atoms with E-state index >= 15 is 0 Å². The molecular formula is C13H15Cl. The molecule has 14 heavy (non-hydrogen) atoms. The summed E-state index contributed by atoms with van der Waals surface area (Å²) in [6.07, 6.45) is 6.06. The van der Waals surface area contributed by atoms with Crippen LogP contribution in [0.1, 0.15) is 18.9 Å². The third-order valence-electron chi connectivity index (χ3n) is 2.01. The number of halogens is 1. The van der Waals surface area contributed by atoms with Crippen LogP contribution in [0.15, 0.2) is 48.6 Å². The van der Waals surface area contributed by atoms with Crippen LogP contribution in [0, 0.1) is 0 Å². The quantitative estimate of drug-likeness (QED) is 0.641. The van der Waals surface area contributed by atoms with E-state index in [-0.39, 0.29) is 0 Å². The van der Waals surface area contributed by atoms with Crippen molar-refractivity contribution in [3.63, 3.8) is 0 Å². The van der Waals surface area contributed by atoms with Gasteiger partial charge in [0.1, 0.15) is 0 Å². The number of benzene rings is 1. The highest BCUT2D eigenvalue weighted by Crippen LogP contribution is 2.14. The minimum Gasteiger partial charge on any atom is -0.0992 e. The van der Waals surface area contributed by atoms with E-state index in [4.69, 9.17) is 11.6 Å². The second-order valence-corrected chi connectivity index (χ2v) is 3.76. The van der Waals surface area contributed by atoms with Crippen molar-refractivity contribution in [1.82, 2.24) is 0 Å². The van der Waals surface area contributed by atoms with E-state index in [0.29, 0.717) is 0 Å².